The van der Waals surface area contributed by atoms with E-state index in [1.807, 2.05) is 44.3 Å². The van der Waals surface area contributed by atoms with Gasteiger partial charge in [-0.25, -0.2) is 0 Å². The van der Waals surface area contributed by atoms with Gasteiger partial charge in [-0.1, -0.05) is 0 Å². The van der Waals surface area contributed by atoms with E-state index in [1.165, 1.54) is 0 Å². The predicted molar refractivity (Wildman–Crippen MR) is 76.1 cm³/mol. The van der Waals surface area contributed by atoms with E-state index in [4.69, 9.17) is 0 Å². The molecule has 0 saturated carbocycles. The van der Waals surface area contributed by atoms with E-state index < -0.39 is 0 Å². The number of nitrogens with one attached hydrogen (secondary N) is 2. The summed E-state index contributed by atoms with van der Waals surface area (Å²) in [5, 5.41) is 5.96. The van der Waals surface area contributed by atoms with Gasteiger partial charge in [0.1, 0.15) is 0 Å². The molecule has 1 amide bonds. The minimum Gasteiger partial charge on any atom is -0.388 e. The van der Waals surface area contributed by atoms with Crippen LogP contribution >= 0.6 is 0 Å². The molecule has 0 aliphatic rings. The first-order chi connectivity index (χ1) is 9.20. The molecule has 1 aromatic carbocycles. The molecule has 0 saturated heterocycles. The van der Waals surface area contributed by atoms with Crippen LogP contribution in [0.25, 0.3) is 0 Å². The van der Waals surface area contributed by atoms with Gasteiger partial charge in [-0.3, -0.25) is 9.78 Å². The Labute approximate surface area is 112 Å². The van der Waals surface area contributed by atoms with Gasteiger partial charge in [0.15, 0.2) is 0 Å². The zero-order chi connectivity index (χ0) is 13.7. The number of rotatable bonds is 4. The van der Waals surface area contributed by atoms with Crippen molar-refractivity contribution in [1.29, 1.82) is 0 Å². The molecule has 0 aliphatic heterocycles. The van der Waals surface area contributed by atoms with Crippen molar-refractivity contribution in [1.82, 2.24) is 10.3 Å². The second kappa shape index (κ2) is 6.00. The largest absolute Gasteiger partial charge is 0.388 e. The molecule has 0 bridgehead atoms. The predicted octanol–water partition coefficient (Wildman–Crippen LogP) is 2.36. The molecule has 0 spiro atoms. The number of carbonyl (C=O) groups excluding carboxylic acids is 1. The van der Waals surface area contributed by atoms with Crippen molar-refractivity contribution >= 4 is 11.6 Å². The highest BCUT2D eigenvalue weighted by atomic mass is 16.1. The molecule has 2 N–H and O–H groups in total. The first-order valence-electron chi connectivity index (χ1n) is 6.16. The van der Waals surface area contributed by atoms with Crippen LogP contribution in [-0.4, -0.2) is 17.9 Å². The molecule has 1 heterocycles. The van der Waals surface area contributed by atoms with Crippen molar-refractivity contribution in [2.24, 2.45) is 0 Å². The summed E-state index contributed by atoms with van der Waals surface area (Å²) in [4.78, 5) is 16.0. The van der Waals surface area contributed by atoms with E-state index in [2.05, 4.69) is 15.6 Å². The monoisotopic (exact) mass is 255 g/mol. The van der Waals surface area contributed by atoms with Crippen LogP contribution in [0.1, 0.15) is 21.5 Å². The van der Waals surface area contributed by atoms with E-state index in [-0.39, 0.29) is 5.91 Å². The Kier molecular flexibility index (Phi) is 4.13. The van der Waals surface area contributed by atoms with Crippen molar-refractivity contribution in [3.8, 4) is 0 Å². The van der Waals surface area contributed by atoms with Crippen molar-refractivity contribution in [3.05, 3.63) is 59.4 Å². The zero-order valence-electron chi connectivity index (χ0n) is 11.1. The van der Waals surface area contributed by atoms with Crippen LogP contribution in [0.2, 0.25) is 0 Å². The Balaban J connectivity index is 2.04. The Morgan fingerprint density at radius 2 is 1.95 bits per heavy atom. The van der Waals surface area contributed by atoms with Crippen LogP contribution in [-0.2, 0) is 6.54 Å². The maximum atomic E-state index is 12.1. The van der Waals surface area contributed by atoms with Gasteiger partial charge in [0.25, 0.3) is 5.91 Å². The molecule has 1 aromatic heterocycles. The quantitative estimate of drug-likeness (QED) is 0.881. The molecule has 0 unspecified atom stereocenters. The van der Waals surface area contributed by atoms with Crippen LogP contribution < -0.4 is 10.6 Å². The summed E-state index contributed by atoms with van der Waals surface area (Å²) >= 11 is 0. The number of aromatic nitrogens is 1. The third-order valence-corrected chi connectivity index (χ3v) is 2.96. The normalized spacial score (nSPS) is 10.0. The molecule has 0 atom stereocenters. The number of hydrogen-bond donors (Lipinski definition) is 2. The lowest BCUT2D eigenvalue weighted by Crippen LogP contribution is -2.23. The highest BCUT2D eigenvalue weighted by Crippen LogP contribution is 2.14. The molecule has 2 rings (SSSR count). The minimum absolute atomic E-state index is 0.0584. The number of aryl methyl sites for hydroxylation is 1. The van der Waals surface area contributed by atoms with Gasteiger partial charge in [0.05, 0.1) is 0 Å². The topological polar surface area (TPSA) is 54.0 Å². The maximum Gasteiger partial charge on any atom is 0.251 e. The van der Waals surface area contributed by atoms with E-state index in [0.717, 1.165) is 16.8 Å². The SMILES string of the molecule is CNc1ccc(C(=O)NCc2ccncc2)c(C)c1. The molecule has 0 fully saturated rings. The average molecular weight is 255 g/mol. The van der Waals surface area contributed by atoms with Gasteiger partial charge in [-0.15, -0.1) is 0 Å². The average Bonchev–Trinajstić information content (AvgIpc) is 2.45. The zero-order valence-corrected chi connectivity index (χ0v) is 11.1. The fourth-order valence-corrected chi connectivity index (χ4v) is 1.85. The van der Waals surface area contributed by atoms with Crippen molar-refractivity contribution < 1.29 is 4.79 Å². The number of benzene rings is 1. The maximum absolute atomic E-state index is 12.1. The van der Waals surface area contributed by atoms with E-state index in [1.54, 1.807) is 12.4 Å². The molecule has 4 nitrogen and oxygen atoms in total. The fraction of sp³-hybridized carbons (Fsp3) is 0.200. The summed E-state index contributed by atoms with van der Waals surface area (Å²) < 4.78 is 0. The van der Waals surface area contributed by atoms with Crippen molar-refractivity contribution in [2.45, 2.75) is 13.5 Å². The van der Waals surface area contributed by atoms with Crippen LogP contribution in [0.4, 0.5) is 5.69 Å². The Morgan fingerprint density at radius 3 is 2.58 bits per heavy atom. The van der Waals surface area contributed by atoms with Crippen LogP contribution in [0.3, 0.4) is 0 Å². The number of carbonyl (C=O) groups is 1. The lowest BCUT2D eigenvalue weighted by molar-refractivity contribution is 0.0950. The van der Waals surface area contributed by atoms with E-state index in [9.17, 15) is 4.79 Å². The van der Waals surface area contributed by atoms with Crippen LogP contribution in [0, 0.1) is 6.92 Å². The highest BCUT2D eigenvalue weighted by molar-refractivity contribution is 5.96. The van der Waals surface area contributed by atoms with Gasteiger partial charge in [-0.2, -0.15) is 0 Å². The number of nitrogens with zero attached hydrogens (tertiary/aromatic N) is 1. The first kappa shape index (κ1) is 13.1. The summed E-state index contributed by atoms with van der Waals surface area (Å²) in [6.07, 6.45) is 3.43. The Morgan fingerprint density at radius 1 is 1.21 bits per heavy atom. The summed E-state index contributed by atoms with van der Waals surface area (Å²) in [6, 6.07) is 9.47. The van der Waals surface area contributed by atoms with Gasteiger partial charge in [0.2, 0.25) is 0 Å². The van der Waals surface area contributed by atoms with Crippen LogP contribution in [0.5, 0.6) is 0 Å². The molecule has 2 aromatic rings. The summed E-state index contributed by atoms with van der Waals surface area (Å²) in [5.41, 5.74) is 3.70. The number of pyridine rings is 1. The lowest BCUT2D eigenvalue weighted by Gasteiger charge is -2.09. The van der Waals surface area contributed by atoms with Gasteiger partial charge in [-0.05, 0) is 48.4 Å². The highest BCUT2D eigenvalue weighted by Gasteiger charge is 2.08. The first-order valence-corrected chi connectivity index (χ1v) is 6.16. The van der Waals surface area contributed by atoms with Gasteiger partial charge < -0.3 is 10.6 Å². The van der Waals surface area contributed by atoms with Crippen molar-refractivity contribution in [3.63, 3.8) is 0 Å². The van der Waals surface area contributed by atoms with E-state index in [0.29, 0.717) is 12.1 Å². The number of amides is 1. The molecular formula is C15H17N3O. The summed E-state index contributed by atoms with van der Waals surface area (Å²) in [6.45, 7) is 2.44. The molecular weight excluding hydrogens is 238 g/mol. The van der Waals surface area contributed by atoms with Gasteiger partial charge in [0, 0.05) is 37.2 Å². The molecule has 0 radical (unpaired) electrons. The number of hydrogen-bond acceptors (Lipinski definition) is 3. The third-order valence-electron chi connectivity index (χ3n) is 2.96. The second-order valence-corrected chi connectivity index (χ2v) is 4.32. The Bertz CT molecular complexity index is 567. The summed E-state index contributed by atoms with van der Waals surface area (Å²) in [7, 11) is 1.86. The van der Waals surface area contributed by atoms with Crippen molar-refractivity contribution in [2.75, 3.05) is 12.4 Å². The molecule has 0 aliphatic carbocycles. The lowest BCUT2D eigenvalue weighted by atomic mass is 10.1. The molecule has 4 heteroatoms. The third kappa shape index (κ3) is 3.31. The fourth-order valence-electron chi connectivity index (χ4n) is 1.85. The molecule has 98 valence electrons. The standard InChI is InChI=1S/C15H17N3O/c1-11-9-13(16-2)3-4-14(11)15(19)18-10-12-5-7-17-8-6-12/h3-9,16H,10H2,1-2H3,(H,18,19). The smallest absolute Gasteiger partial charge is 0.251 e. The Hall–Kier alpha value is -2.36. The summed E-state index contributed by atoms with van der Waals surface area (Å²) in [5.74, 6) is -0.0584. The van der Waals surface area contributed by atoms with Crippen LogP contribution in [0.15, 0.2) is 42.7 Å². The van der Waals surface area contributed by atoms with Gasteiger partial charge >= 0.3 is 0 Å². The number of anilines is 1. The molecule has 19 heavy (non-hydrogen) atoms. The minimum atomic E-state index is -0.0584. The second-order valence-electron chi connectivity index (χ2n) is 4.32. The van der Waals surface area contributed by atoms with E-state index >= 15 is 0 Å².